The van der Waals surface area contributed by atoms with Crippen LogP contribution in [0.4, 0.5) is 0 Å². The maximum Gasteiger partial charge on any atom is 0.314 e. The highest BCUT2D eigenvalue weighted by molar-refractivity contribution is 5.81. The van der Waals surface area contributed by atoms with Crippen LogP contribution in [0.2, 0.25) is 0 Å². The lowest BCUT2D eigenvalue weighted by Crippen LogP contribution is -2.59. The minimum absolute atomic E-state index is 0.0999. The second kappa shape index (κ2) is 9.47. The van der Waals surface area contributed by atoms with Crippen LogP contribution in [0.25, 0.3) is 0 Å². The van der Waals surface area contributed by atoms with Crippen molar-refractivity contribution in [3.63, 3.8) is 0 Å². The van der Waals surface area contributed by atoms with Crippen LogP contribution in [-0.4, -0.2) is 83.5 Å². The van der Waals surface area contributed by atoms with Gasteiger partial charge in [0.15, 0.2) is 0 Å². The molecule has 0 unspecified atom stereocenters. The number of carbonyl (C=O) groups excluding carboxylic acids is 2. The standard InChI is InChI=1S/C22H34N4O4/c1-2-30-21(28)22-7-4-19(24-12-14-29-15-13-24)16-18(22)5-10-25(17-22)20(27)6-11-26-9-3-8-23-26/h3,8-9,18-19H,2,4-7,10-17H2,1H3/t18-,19-,22-/m1/s1. The molecule has 3 atom stereocenters. The number of morpholine rings is 1. The number of piperidine rings is 1. The summed E-state index contributed by atoms with van der Waals surface area (Å²) in [6, 6.07) is 2.36. The predicted octanol–water partition coefficient (Wildman–Crippen LogP) is 1.56. The number of rotatable bonds is 6. The molecule has 3 heterocycles. The fourth-order valence-corrected chi connectivity index (χ4v) is 5.53. The lowest BCUT2D eigenvalue weighted by Gasteiger charge is -2.52. The molecule has 1 aromatic heterocycles. The van der Waals surface area contributed by atoms with E-state index in [-0.39, 0.29) is 17.8 Å². The average molecular weight is 419 g/mol. The molecule has 2 aliphatic heterocycles. The predicted molar refractivity (Wildman–Crippen MR) is 111 cm³/mol. The molecule has 1 amide bonds. The molecular weight excluding hydrogens is 384 g/mol. The van der Waals surface area contributed by atoms with Gasteiger partial charge in [-0.15, -0.1) is 0 Å². The zero-order valence-electron chi connectivity index (χ0n) is 18.0. The smallest absolute Gasteiger partial charge is 0.314 e. The fraction of sp³-hybridized carbons (Fsp3) is 0.773. The van der Waals surface area contributed by atoms with Gasteiger partial charge in [0.05, 0.1) is 25.2 Å². The molecule has 3 fully saturated rings. The number of aromatic nitrogens is 2. The topological polar surface area (TPSA) is 76.9 Å². The highest BCUT2D eigenvalue weighted by Gasteiger charge is 2.54. The van der Waals surface area contributed by atoms with Crippen LogP contribution in [0.1, 0.15) is 39.0 Å². The summed E-state index contributed by atoms with van der Waals surface area (Å²) in [5.74, 6) is 0.260. The van der Waals surface area contributed by atoms with Gasteiger partial charge in [-0.05, 0) is 44.6 Å². The first kappa shape index (κ1) is 21.3. The second-order valence-corrected chi connectivity index (χ2v) is 8.77. The highest BCUT2D eigenvalue weighted by Crippen LogP contribution is 2.48. The molecule has 0 radical (unpaired) electrons. The number of carbonyl (C=O) groups is 2. The Kier molecular flexibility index (Phi) is 6.73. The molecule has 4 rings (SSSR count). The van der Waals surface area contributed by atoms with Gasteiger partial charge < -0.3 is 14.4 Å². The number of fused-ring (bicyclic) bond motifs is 1. The first-order valence-electron chi connectivity index (χ1n) is 11.4. The summed E-state index contributed by atoms with van der Waals surface area (Å²) < 4.78 is 12.8. The van der Waals surface area contributed by atoms with Gasteiger partial charge in [0, 0.05) is 57.6 Å². The Morgan fingerprint density at radius 1 is 1.23 bits per heavy atom. The number of aryl methyl sites for hydroxylation is 1. The van der Waals surface area contributed by atoms with Crippen molar-refractivity contribution in [1.82, 2.24) is 19.6 Å². The molecule has 8 nitrogen and oxygen atoms in total. The molecule has 3 aliphatic rings. The SMILES string of the molecule is CCOC(=O)[C@@]12CC[C@@H](N3CCOCC3)C[C@H]1CCN(C(=O)CCn1cccn1)C2. The Morgan fingerprint density at radius 2 is 2.07 bits per heavy atom. The number of likely N-dealkylation sites (tertiary alicyclic amines) is 1. The van der Waals surface area contributed by atoms with Crippen LogP contribution in [0, 0.1) is 11.3 Å². The van der Waals surface area contributed by atoms with E-state index < -0.39 is 5.41 Å². The molecule has 1 aromatic rings. The number of nitrogens with zero attached hydrogens (tertiary/aromatic N) is 4. The first-order valence-corrected chi connectivity index (χ1v) is 11.4. The summed E-state index contributed by atoms with van der Waals surface area (Å²) in [7, 11) is 0. The molecular formula is C22H34N4O4. The van der Waals surface area contributed by atoms with Crippen molar-refractivity contribution in [2.24, 2.45) is 11.3 Å². The maximum absolute atomic E-state index is 13.1. The summed E-state index contributed by atoms with van der Waals surface area (Å²) in [6.45, 7) is 7.56. The van der Waals surface area contributed by atoms with Gasteiger partial charge in [-0.2, -0.15) is 5.10 Å². The van der Waals surface area contributed by atoms with Crippen LogP contribution in [-0.2, 0) is 25.6 Å². The Balaban J connectivity index is 1.43. The van der Waals surface area contributed by atoms with E-state index in [0.29, 0.717) is 32.2 Å². The van der Waals surface area contributed by atoms with Gasteiger partial charge in [0.2, 0.25) is 5.91 Å². The van der Waals surface area contributed by atoms with Crippen LogP contribution >= 0.6 is 0 Å². The molecule has 1 saturated carbocycles. The summed E-state index contributed by atoms with van der Waals surface area (Å²) in [4.78, 5) is 30.5. The largest absolute Gasteiger partial charge is 0.466 e. The molecule has 166 valence electrons. The second-order valence-electron chi connectivity index (χ2n) is 8.77. The third-order valence-electron chi connectivity index (χ3n) is 7.19. The lowest BCUT2D eigenvalue weighted by molar-refractivity contribution is -0.171. The Bertz CT molecular complexity index is 719. The number of esters is 1. The minimum Gasteiger partial charge on any atom is -0.466 e. The van der Waals surface area contributed by atoms with E-state index in [0.717, 1.165) is 58.5 Å². The van der Waals surface area contributed by atoms with Crippen LogP contribution < -0.4 is 0 Å². The van der Waals surface area contributed by atoms with Gasteiger partial charge >= 0.3 is 5.97 Å². The number of ether oxygens (including phenoxy) is 2. The molecule has 1 aliphatic carbocycles. The van der Waals surface area contributed by atoms with Crippen LogP contribution in [0.15, 0.2) is 18.5 Å². The lowest BCUT2D eigenvalue weighted by atomic mass is 9.61. The third-order valence-corrected chi connectivity index (χ3v) is 7.19. The molecule has 8 heteroatoms. The average Bonchev–Trinajstić information content (AvgIpc) is 3.31. The van der Waals surface area contributed by atoms with Crippen molar-refractivity contribution >= 4 is 11.9 Å². The molecule has 0 N–H and O–H groups in total. The molecule has 30 heavy (non-hydrogen) atoms. The van der Waals surface area contributed by atoms with Gasteiger partial charge in [-0.3, -0.25) is 19.2 Å². The van der Waals surface area contributed by atoms with E-state index in [4.69, 9.17) is 9.47 Å². The minimum atomic E-state index is -0.557. The number of hydrogen-bond donors (Lipinski definition) is 0. The van der Waals surface area contributed by atoms with Gasteiger partial charge in [0.1, 0.15) is 0 Å². The Morgan fingerprint density at radius 3 is 2.80 bits per heavy atom. The molecule has 2 saturated heterocycles. The van der Waals surface area contributed by atoms with E-state index in [1.807, 2.05) is 24.1 Å². The highest BCUT2D eigenvalue weighted by atomic mass is 16.5. The Labute approximate surface area is 178 Å². The monoisotopic (exact) mass is 418 g/mol. The van der Waals surface area contributed by atoms with E-state index in [1.54, 1.807) is 10.9 Å². The van der Waals surface area contributed by atoms with Crippen molar-refractivity contribution < 1.29 is 19.1 Å². The fourth-order valence-electron chi connectivity index (χ4n) is 5.53. The van der Waals surface area contributed by atoms with Gasteiger partial charge in [-0.25, -0.2) is 0 Å². The first-order chi connectivity index (χ1) is 14.6. The van der Waals surface area contributed by atoms with Gasteiger partial charge in [0.25, 0.3) is 0 Å². The summed E-state index contributed by atoms with van der Waals surface area (Å²) in [5, 5.41) is 4.18. The van der Waals surface area contributed by atoms with Crippen molar-refractivity contribution in [1.29, 1.82) is 0 Å². The summed E-state index contributed by atoms with van der Waals surface area (Å²) >= 11 is 0. The number of hydrogen-bond acceptors (Lipinski definition) is 6. The quantitative estimate of drug-likeness (QED) is 0.653. The third kappa shape index (κ3) is 4.39. The molecule has 0 aromatic carbocycles. The molecule has 0 spiro atoms. The zero-order valence-corrected chi connectivity index (χ0v) is 18.0. The van der Waals surface area contributed by atoms with E-state index in [1.165, 1.54) is 0 Å². The Hall–Kier alpha value is -1.93. The van der Waals surface area contributed by atoms with Crippen molar-refractivity contribution in [2.45, 2.75) is 51.6 Å². The number of amides is 1. The summed E-state index contributed by atoms with van der Waals surface area (Å²) in [6.07, 6.45) is 7.64. The maximum atomic E-state index is 13.1. The van der Waals surface area contributed by atoms with Crippen molar-refractivity contribution in [3.05, 3.63) is 18.5 Å². The van der Waals surface area contributed by atoms with Crippen LogP contribution in [0.3, 0.4) is 0 Å². The van der Waals surface area contributed by atoms with E-state index in [2.05, 4.69) is 10.00 Å². The van der Waals surface area contributed by atoms with Crippen molar-refractivity contribution in [2.75, 3.05) is 46.0 Å². The summed E-state index contributed by atoms with van der Waals surface area (Å²) in [5.41, 5.74) is -0.557. The van der Waals surface area contributed by atoms with Crippen molar-refractivity contribution in [3.8, 4) is 0 Å². The van der Waals surface area contributed by atoms with Crippen LogP contribution in [0.5, 0.6) is 0 Å². The van der Waals surface area contributed by atoms with E-state index in [9.17, 15) is 9.59 Å². The molecule has 0 bridgehead atoms. The zero-order chi connectivity index (χ0) is 21.0. The van der Waals surface area contributed by atoms with Gasteiger partial charge in [-0.1, -0.05) is 0 Å². The van der Waals surface area contributed by atoms with E-state index >= 15 is 0 Å². The normalized spacial score (nSPS) is 30.0.